The van der Waals surface area contributed by atoms with Gasteiger partial charge in [0.15, 0.2) is 0 Å². The third-order valence-corrected chi connectivity index (χ3v) is 3.61. The van der Waals surface area contributed by atoms with Crippen molar-refractivity contribution in [3.8, 4) is 11.3 Å². The highest BCUT2D eigenvalue weighted by Gasteiger charge is 2.07. The molecule has 1 N–H and O–H groups in total. The van der Waals surface area contributed by atoms with Crippen molar-refractivity contribution < 1.29 is 0 Å². The number of nitrogens with one attached hydrogen (secondary N) is 1. The van der Waals surface area contributed by atoms with Crippen LogP contribution in [0.2, 0.25) is 10.0 Å². The summed E-state index contributed by atoms with van der Waals surface area (Å²) in [5.74, 6) is 0. The third kappa shape index (κ3) is 2.29. The maximum atomic E-state index is 10.9. The first-order chi connectivity index (χ1) is 7.58. The highest BCUT2D eigenvalue weighted by atomic mass is 79.9. The van der Waals surface area contributed by atoms with Crippen LogP contribution in [-0.2, 0) is 0 Å². The molecule has 2 rings (SSSR count). The number of hydrogen-bond donors (Lipinski definition) is 1. The van der Waals surface area contributed by atoms with E-state index in [0.29, 0.717) is 20.2 Å². The van der Waals surface area contributed by atoms with Crippen LogP contribution >= 0.6 is 39.1 Å². The molecule has 0 aliphatic carbocycles. The lowest BCUT2D eigenvalue weighted by Crippen LogP contribution is -2.05. The van der Waals surface area contributed by atoms with Crippen LogP contribution in [0.15, 0.2) is 33.5 Å². The second kappa shape index (κ2) is 4.57. The number of halogens is 3. The largest absolute Gasteiger partial charge is 0.268 e. The number of nitrogens with zero attached hydrogens (tertiary/aromatic N) is 1. The monoisotopic (exact) mass is 318 g/mol. The van der Waals surface area contributed by atoms with Gasteiger partial charge in [0.25, 0.3) is 5.56 Å². The van der Waals surface area contributed by atoms with Gasteiger partial charge < -0.3 is 0 Å². The van der Waals surface area contributed by atoms with Gasteiger partial charge in [0, 0.05) is 16.1 Å². The second-order valence-corrected chi connectivity index (χ2v) is 4.70. The molecular formula is C10H5BrCl2N2O. The van der Waals surface area contributed by atoms with Crippen LogP contribution in [0.1, 0.15) is 0 Å². The maximum absolute atomic E-state index is 10.9. The first-order valence-electron chi connectivity index (χ1n) is 4.28. The zero-order valence-corrected chi connectivity index (χ0v) is 10.9. The SMILES string of the molecule is O=c1ccc(-c2cc(Cl)c(Cl)c(Br)c2)n[nH]1. The summed E-state index contributed by atoms with van der Waals surface area (Å²) in [6, 6.07) is 6.49. The van der Waals surface area contributed by atoms with Gasteiger partial charge in [-0.25, -0.2) is 5.10 Å². The molecular weight excluding hydrogens is 315 g/mol. The van der Waals surface area contributed by atoms with E-state index in [9.17, 15) is 4.79 Å². The lowest BCUT2D eigenvalue weighted by atomic mass is 10.1. The zero-order valence-electron chi connectivity index (χ0n) is 7.80. The van der Waals surface area contributed by atoms with Gasteiger partial charge >= 0.3 is 0 Å². The van der Waals surface area contributed by atoms with Gasteiger partial charge in [-0.1, -0.05) is 23.2 Å². The average Bonchev–Trinajstić information content (AvgIpc) is 2.26. The van der Waals surface area contributed by atoms with E-state index in [0.717, 1.165) is 5.56 Å². The summed E-state index contributed by atoms with van der Waals surface area (Å²) in [6.07, 6.45) is 0. The molecule has 0 saturated carbocycles. The van der Waals surface area contributed by atoms with E-state index < -0.39 is 0 Å². The van der Waals surface area contributed by atoms with Gasteiger partial charge in [-0.3, -0.25) is 4.79 Å². The third-order valence-electron chi connectivity index (χ3n) is 1.96. The van der Waals surface area contributed by atoms with Crippen LogP contribution in [-0.4, -0.2) is 10.2 Å². The quantitative estimate of drug-likeness (QED) is 0.818. The van der Waals surface area contributed by atoms with E-state index in [1.165, 1.54) is 6.07 Å². The van der Waals surface area contributed by atoms with Gasteiger partial charge in [0.1, 0.15) is 0 Å². The fraction of sp³-hybridized carbons (Fsp3) is 0. The molecule has 0 spiro atoms. The summed E-state index contributed by atoms with van der Waals surface area (Å²) in [4.78, 5) is 10.9. The smallest absolute Gasteiger partial charge is 0.264 e. The Morgan fingerprint density at radius 2 is 2.00 bits per heavy atom. The van der Waals surface area contributed by atoms with Crippen molar-refractivity contribution in [3.63, 3.8) is 0 Å². The predicted molar refractivity (Wildman–Crippen MR) is 68.0 cm³/mol. The molecule has 0 aliphatic rings. The van der Waals surface area contributed by atoms with E-state index in [1.54, 1.807) is 18.2 Å². The van der Waals surface area contributed by atoms with Crippen LogP contribution in [0.3, 0.4) is 0 Å². The topological polar surface area (TPSA) is 45.8 Å². The van der Waals surface area contributed by atoms with Crippen molar-refractivity contribution in [3.05, 3.63) is 49.1 Å². The highest BCUT2D eigenvalue weighted by Crippen LogP contribution is 2.34. The van der Waals surface area contributed by atoms with Gasteiger partial charge in [-0.15, -0.1) is 0 Å². The van der Waals surface area contributed by atoms with Crippen molar-refractivity contribution in [2.45, 2.75) is 0 Å². The normalized spacial score (nSPS) is 10.4. The fourth-order valence-corrected chi connectivity index (χ4v) is 2.11. The minimum atomic E-state index is -0.247. The molecule has 0 atom stereocenters. The summed E-state index contributed by atoms with van der Waals surface area (Å²) in [5.41, 5.74) is 1.15. The average molecular weight is 320 g/mol. The van der Waals surface area contributed by atoms with Crippen molar-refractivity contribution >= 4 is 39.1 Å². The van der Waals surface area contributed by atoms with E-state index in [2.05, 4.69) is 26.1 Å². The Bertz CT molecular complexity index is 554. The van der Waals surface area contributed by atoms with Gasteiger partial charge in [0.2, 0.25) is 0 Å². The number of aromatic nitrogens is 2. The molecule has 0 unspecified atom stereocenters. The molecule has 16 heavy (non-hydrogen) atoms. The minimum Gasteiger partial charge on any atom is -0.268 e. The van der Waals surface area contributed by atoms with E-state index >= 15 is 0 Å². The second-order valence-electron chi connectivity index (χ2n) is 3.06. The minimum absolute atomic E-state index is 0.247. The van der Waals surface area contributed by atoms with Crippen molar-refractivity contribution in [2.24, 2.45) is 0 Å². The number of H-pyrrole nitrogens is 1. The number of benzene rings is 1. The lowest BCUT2D eigenvalue weighted by Gasteiger charge is -2.04. The Morgan fingerprint density at radius 3 is 2.56 bits per heavy atom. The molecule has 0 radical (unpaired) electrons. The zero-order chi connectivity index (χ0) is 11.7. The van der Waals surface area contributed by atoms with Crippen LogP contribution in [0.5, 0.6) is 0 Å². The standard InChI is InChI=1S/C10H5BrCl2N2O/c11-6-3-5(4-7(12)10(6)13)8-1-2-9(16)15-14-8/h1-4H,(H,15,16). The van der Waals surface area contributed by atoms with Crippen LogP contribution in [0.25, 0.3) is 11.3 Å². The summed E-state index contributed by atoms with van der Waals surface area (Å²) in [5, 5.41) is 7.14. The molecule has 6 heteroatoms. The number of aromatic amines is 1. The molecule has 1 aromatic heterocycles. The van der Waals surface area contributed by atoms with Gasteiger partial charge in [0.05, 0.1) is 15.7 Å². The molecule has 3 nitrogen and oxygen atoms in total. The molecule has 0 bridgehead atoms. The molecule has 82 valence electrons. The summed E-state index contributed by atoms with van der Waals surface area (Å²) in [7, 11) is 0. The Kier molecular flexibility index (Phi) is 3.33. The van der Waals surface area contributed by atoms with Crippen molar-refractivity contribution in [2.75, 3.05) is 0 Å². The number of rotatable bonds is 1. The molecule has 0 saturated heterocycles. The number of hydrogen-bond acceptors (Lipinski definition) is 2. The van der Waals surface area contributed by atoms with Crippen molar-refractivity contribution in [1.29, 1.82) is 0 Å². The predicted octanol–water partition coefficient (Wildman–Crippen LogP) is 3.51. The van der Waals surface area contributed by atoms with Crippen LogP contribution in [0, 0.1) is 0 Å². The Labute approximate surface area is 110 Å². The fourth-order valence-electron chi connectivity index (χ4n) is 1.21. The summed E-state index contributed by atoms with van der Waals surface area (Å²) in [6.45, 7) is 0. The van der Waals surface area contributed by atoms with E-state index in [4.69, 9.17) is 23.2 Å². The molecule has 0 aliphatic heterocycles. The summed E-state index contributed by atoms with van der Waals surface area (Å²) >= 11 is 15.1. The lowest BCUT2D eigenvalue weighted by molar-refractivity contribution is 0.995. The molecule has 0 amide bonds. The molecule has 1 heterocycles. The van der Waals surface area contributed by atoms with Gasteiger partial charge in [-0.2, -0.15) is 5.10 Å². The van der Waals surface area contributed by atoms with E-state index in [-0.39, 0.29) is 5.56 Å². The highest BCUT2D eigenvalue weighted by molar-refractivity contribution is 9.10. The van der Waals surface area contributed by atoms with Crippen molar-refractivity contribution in [1.82, 2.24) is 10.2 Å². The Morgan fingerprint density at radius 1 is 1.25 bits per heavy atom. The van der Waals surface area contributed by atoms with Crippen LogP contribution in [0.4, 0.5) is 0 Å². The Balaban J connectivity index is 2.56. The van der Waals surface area contributed by atoms with Gasteiger partial charge in [-0.05, 0) is 34.1 Å². The first kappa shape index (κ1) is 11.6. The van der Waals surface area contributed by atoms with E-state index in [1.807, 2.05) is 0 Å². The first-order valence-corrected chi connectivity index (χ1v) is 5.83. The summed E-state index contributed by atoms with van der Waals surface area (Å²) < 4.78 is 0.685. The molecule has 1 aromatic carbocycles. The molecule has 2 aromatic rings. The molecule has 0 fully saturated rings. The van der Waals surface area contributed by atoms with Crippen LogP contribution < -0.4 is 5.56 Å². The maximum Gasteiger partial charge on any atom is 0.264 e. The Hall–Kier alpha value is -0.840.